The van der Waals surface area contributed by atoms with E-state index < -0.39 is 0 Å². The molecule has 1 fully saturated rings. The highest BCUT2D eigenvalue weighted by molar-refractivity contribution is 5.94. The average Bonchev–Trinajstić information content (AvgIpc) is 3.52. The van der Waals surface area contributed by atoms with Gasteiger partial charge < -0.3 is 14.8 Å². The van der Waals surface area contributed by atoms with Crippen LogP contribution in [0.1, 0.15) is 29.5 Å². The molecule has 0 aromatic carbocycles. The molecule has 5 rings (SSSR count). The van der Waals surface area contributed by atoms with Gasteiger partial charge in [-0.25, -0.2) is 24.9 Å². The quantitative estimate of drug-likeness (QED) is 0.506. The van der Waals surface area contributed by atoms with Crippen molar-refractivity contribution in [2.75, 3.05) is 18.4 Å². The highest BCUT2D eigenvalue weighted by Gasteiger charge is 2.28. The summed E-state index contributed by atoms with van der Waals surface area (Å²) >= 11 is 0. The van der Waals surface area contributed by atoms with E-state index in [0.29, 0.717) is 42.4 Å². The maximum atomic E-state index is 12.7. The molecule has 0 saturated carbocycles. The number of aromatic nitrogens is 8. The normalized spacial score (nSPS) is 16.1. The van der Waals surface area contributed by atoms with Crippen LogP contribution in [0.25, 0.3) is 22.6 Å². The molecular weight excluding hydrogens is 408 g/mol. The van der Waals surface area contributed by atoms with Crippen molar-refractivity contribution in [2.45, 2.75) is 32.9 Å². The van der Waals surface area contributed by atoms with Gasteiger partial charge in [0.1, 0.15) is 18.0 Å². The summed E-state index contributed by atoms with van der Waals surface area (Å²) in [6.07, 6.45) is 9.26. The average molecular weight is 432 g/mol. The summed E-state index contributed by atoms with van der Waals surface area (Å²) in [4.78, 5) is 36.9. The van der Waals surface area contributed by atoms with Crippen molar-refractivity contribution in [1.29, 1.82) is 0 Å². The van der Waals surface area contributed by atoms with E-state index in [0.717, 1.165) is 23.5 Å². The molecule has 1 aliphatic rings. The Labute approximate surface area is 184 Å². The van der Waals surface area contributed by atoms with E-state index in [-0.39, 0.29) is 11.9 Å². The molecule has 5 heterocycles. The van der Waals surface area contributed by atoms with E-state index in [4.69, 9.17) is 4.98 Å². The lowest BCUT2D eigenvalue weighted by molar-refractivity contribution is 0.0791. The number of hydrogen-bond acceptors (Lipinski definition) is 8. The Hall–Kier alpha value is -3.89. The van der Waals surface area contributed by atoms with Gasteiger partial charge in [0, 0.05) is 51.3 Å². The van der Waals surface area contributed by atoms with Crippen molar-refractivity contribution in [3.05, 3.63) is 42.5 Å². The van der Waals surface area contributed by atoms with Crippen LogP contribution in [0.3, 0.4) is 0 Å². The number of anilines is 1. The number of carbonyl (C=O) groups is 1. The zero-order chi connectivity index (χ0) is 22.2. The van der Waals surface area contributed by atoms with Crippen molar-refractivity contribution in [2.24, 2.45) is 7.05 Å². The van der Waals surface area contributed by atoms with Gasteiger partial charge in [0.15, 0.2) is 17.0 Å². The summed E-state index contributed by atoms with van der Waals surface area (Å²) in [7, 11) is 1.80. The van der Waals surface area contributed by atoms with Crippen molar-refractivity contribution in [3.63, 3.8) is 0 Å². The number of likely N-dealkylation sites (tertiary alicyclic amines) is 1. The molecule has 0 unspecified atom stereocenters. The van der Waals surface area contributed by atoms with Crippen LogP contribution in [0.2, 0.25) is 0 Å². The molecule has 1 amide bonds. The molecule has 1 saturated heterocycles. The number of hydrogen-bond donors (Lipinski definition) is 1. The highest BCUT2D eigenvalue weighted by atomic mass is 16.2. The Kier molecular flexibility index (Phi) is 5.00. The van der Waals surface area contributed by atoms with Gasteiger partial charge in [-0.3, -0.25) is 9.48 Å². The number of carbonyl (C=O) groups excluding carboxylic acids is 1. The number of imidazole rings is 1. The first-order valence-electron chi connectivity index (χ1n) is 10.6. The van der Waals surface area contributed by atoms with Crippen molar-refractivity contribution >= 4 is 22.9 Å². The number of fused-ring (bicyclic) bond motifs is 1. The minimum Gasteiger partial charge on any atom is -0.364 e. The number of rotatable bonds is 5. The zero-order valence-corrected chi connectivity index (χ0v) is 18.2. The largest absolute Gasteiger partial charge is 0.364 e. The van der Waals surface area contributed by atoms with Crippen molar-refractivity contribution in [3.8, 4) is 11.4 Å². The highest BCUT2D eigenvalue weighted by Crippen LogP contribution is 2.27. The first-order valence-corrected chi connectivity index (χ1v) is 10.6. The lowest BCUT2D eigenvalue weighted by Crippen LogP contribution is -2.31. The zero-order valence-electron chi connectivity index (χ0n) is 18.2. The van der Waals surface area contributed by atoms with Gasteiger partial charge in [-0.15, -0.1) is 0 Å². The minimum atomic E-state index is -0.00727. The Morgan fingerprint density at radius 2 is 2.00 bits per heavy atom. The molecule has 0 aliphatic carbocycles. The predicted octanol–water partition coefficient (Wildman–Crippen LogP) is 1.67. The second-order valence-electron chi connectivity index (χ2n) is 7.88. The molecule has 11 heteroatoms. The van der Waals surface area contributed by atoms with E-state index >= 15 is 0 Å². The van der Waals surface area contributed by atoms with Crippen LogP contribution >= 0.6 is 0 Å². The molecule has 11 nitrogen and oxygen atoms in total. The van der Waals surface area contributed by atoms with Crippen LogP contribution < -0.4 is 5.32 Å². The maximum Gasteiger partial charge on any atom is 0.257 e. The van der Waals surface area contributed by atoms with Crippen LogP contribution in [-0.2, 0) is 13.6 Å². The third-order valence-electron chi connectivity index (χ3n) is 5.66. The Morgan fingerprint density at radius 3 is 2.72 bits per heavy atom. The maximum absolute atomic E-state index is 12.7. The Bertz CT molecular complexity index is 1280. The molecule has 4 aromatic rings. The van der Waals surface area contributed by atoms with Crippen molar-refractivity contribution < 1.29 is 4.79 Å². The standard InChI is InChI=1S/C21H24N10O/c1-4-31-19(14-7-22-13(2)23-8-14)28-17-18(24-12-25-20(17)31)27-16-5-6-30(11-16)21(32)15-9-26-29(3)10-15/h7-10,12,16H,4-6,11H2,1-3H3,(H,24,25,27)/t16-/m0/s1. The van der Waals surface area contributed by atoms with E-state index in [1.807, 2.05) is 23.3 Å². The summed E-state index contributed by atoms with van der Waals surface area (Å²) in [5.41, 5.74) is 2.88. The lowest BCUT2D eigenvalue weighted by Gasteiger charge is -2.16. The van der Waals surface area contributed by atoms with Gasteiger partial charge >= 0.3 is 0 Å². The van der Waals surface area contributed by atoms with Gasteiger partial charge in [-0.1, -0.05) is 0 Å². The molecule has 4 aromatic heterocycles. The molecule has 1 atom stereocenters. The third-order valence-corrected chi connectivity index (χ3v) is 5.66. The predicted molar refractivity (Wildman–Crippen MR) is 118 cm³/mol. The van der Waals surface area contributed by atoms with Gasteiger partial charge in [-0.05, 0) is 20.3 Å². The number of nitrogens with zero attached hydrogens (tertiary/aromatic N) is 9. The summed E-state index contributed by atoms with van der Waals surface area (Å²) in [5, 5.41) is 7.57. The summed E-state index contributed by atoms with van der Waals surface area (Å²) in [6.45, 7) is 5.87. The molecule has 0 spiro atoms. The van der Waals surface area contributed by atoms with E-state index in [1.54, 1.807) is 42.8 Å². The topological polar surface area (TPSA) is 120 Å². The molecule has 0 radical (unpaired) electrons. The first-order chi connectivity index (χ1) is 15.5. The molecule has 164 valence electrons. The van der Waals surface area contributed by atoms with Crippen molar-refractivity contribution in [1.82, 2.24) is 44.2 Å². The third kappa shape index (κ3) is 3.55. The van der Waals surface area contributed by atoms with Crippen LogP contribution in [0.5, 0.6) is 0 Å². The van der Waals surface area contributed by atoms with E-state index in [9.17, 15) is 4.79 Å². The van der Waals surface area contributed by atoms with E-state index in [1.165, 1.54) is 0 Å². The Morgan fingerprint density at radius 1 is 1.19 bits per heavy atom. The van der Waals surface area contributed by atoms with Gasteiger partial charge in [-0.2, -0.15) is 5.10 Å². The number of amides is 1. The van der Waals surface area contributed by atoms with Crippen LogP contribution in [0, 0.1) is 6.92 Å². The fourth-order valence-corrected chi connectivity index (χ4v) is 4.04. The Balaban J connectivity index is 1.40. The second kappa shape index (κ2) is 7.98. The fourth-order valence-electron chi connectivity index (χ4n) is 4.04. The lowest BCUT2D eigenvalue weighted by atomic mass is 10.2. The monoisotopic (exact) mass is 432 g/mol. The minimum absolute atomic E-state index is 0.00727. The first kappa shape index (κ1) is 20.0. The van der Waals surface area contributed by atoms with Gasteiger partial charge in [0.25, 0.3) is 5.91 Å². The van der Waals surface area contributed by atoms with Crippen LogP contribution in [-0.4, -0.2) is 69.2 Å². The smallest absolute Gasteiger partial charge is 0.257 e. The molecule has 0 bridgehead atoms. The summed E-state index contributed by atoms with van der Waals surface area (Å²) < 4.78 is 3.67. The SMILES string of the molecule is CCn1c(-c2cnc(C)nc2)nc2c(N[C@H]3CCN(C(=O)c4cnn(C)c4)C3)ncnc21. The fraction of sp³-hybridized carbons (Fsp3) is 0.381. The van der Waals surface area contributed by atoms with Crippen LogP contribution in [0.15, 0.2) is 31.1 Å². The van der Waals surface area contributed by atoms with Crippen LogP contribution in [0.4, 0.5) is 5.82 Å². The molecular formula is C21H24N10O. The molecule has 1 aliphatic heterocycles. The molecule has 1 N–H and O–H groups in total. The number of nitrogens with one attached hydrogen (secondary N) is 1. The van der Waals surface area contributed by atoms with E-state index in [2.05, 4.69) is 30.4 Å². The second-order valence-corrected chi connectivity index (χ2v) is 7.88. The number of aryl methyl sites for hydroxylation is 3. The van der Waals surface area contributed by atoms with Gasteiger partial charge in [0.05, 0.1) is 17.3 Å². The summed E-state index contributed by atoms with van der Waals surface area (Å²) in [6, 6.07) is 0.0756. The molecule has 32 heavy (non-hydrogen) atoms. The van der Waals surface area contributed by atoms with Gasteiger partial charge in [0.2, 0.25) is 0 Å². The summed E-state index contributed by atoms with van der Waals surface area (Å²) in [5.74, 6) is 2.12.